The molecule has 0 heterocycles. The third kappa shape index (κ3) is 4.52. The van der Waals surface area contributed by atoms with E-state index in [1.54, 1.807) is 18.3 Å². The summed E-state index contributed by atoms with van der Waals surface area (Å²) >= 11 is 5.79. The zero-order valence-electron chi connectivity index (χ0n) is 11.1. The molecule has 1 N–H and O–H groups in total. The van der Waals surface area contributed by atoms with Gasteiger partial charge in [-0.1, -0.05) is 53.6 Å². The first-order valence-corrected chi connectivity index (χ1v) is 6.64. The van der Waals surface area contributed by atoms with Gasteiger partial charge in [-0.05, 0) is 30.2 Å². The SMILES string of the molecule is Cc1cccc(/C=N/NC(=O)Cc2ccc(Cl)cc2)c1. The number of hydrazone groups is 1. The minimum atomic E-state index is -0.156. The summed E-state index contributed by atoms with van der Waals surface area (Å²) in [5.41, 5.74) is 5.52. The lowest BCUT2D eigenvalue weighted by molar-refractivity contribution is -0.120. The maximum atomic E-state index is 11.7. The Morgan fingerprint density at radius 3 is 2.70 bits per heavy atom. The van der Waals surface area contributed by atoms with E-state index in [4.69, 9.17) is 11.6 Å². The number of aryl methyl sites for hydroxylation is 1. The molecule has 2 rings (SSSR count). The second-order valence-electron chi connectivity index (χ2n) is 4.51. The van der Waals surface area contributed by atoms with Gasteiger partial charge in [-0.3, -0.25) is 4.79 Å². The molecule has 0 bridgehead atoms. The lowest BCUT2D eigenvalue weighted by Crippen LogP contribution is -2.19. The molecule has 0 atom stereocenters. The number of carbonyl (C=O) groups excluding carboxylic acids is 1. The average Bonchev–Trinajstić information content (AvgIpc) is 2.41. The average molecular weight is 287 g/mol. The molecule has 1 amide bonds. The third-order valence-electron chi connectivity index (χ3n) is 2.72. The molecule has 0 aliphatic heterocycles. The normalized spacial score (nSPS) is 10.7. The molecule has 2 aromatic rings. The summed E-state index contributed by atoms with van der Waals surface area (Å²) in [4.78, 5) is 11.7. The Bertz CT molecular complexity index is 621. The van der Waals surface area contributed by atoms with Crippen LogP contribution in [0.2, 0.25) is 5.02 Å². The maximum absolute atomic E-state index is 11.7. The molecule has 0 saturated heterocycles. The van der Waals surface area contributed by atoms with Gasteiger partial charge < -0.3 is 0 Å². The van der Waals surface area contributed by atoms with Crippen LogP contribution in [0.25, 0.3) is 0 Å². The van der Waals surface area contributed by atoms with Crippen LogP contribution >= 0.6 is 11.6 Å². The lowest BCUT2D eigenvalue weighted by Gasteiger charge is -2.01. The van der Waals surface area contributed by atoms with E-state index in [-0.39, 0.29) is 12.3 Å². The van der Waals surface area contributed by atoms with Crippen LogP contribution in [-0.2, 0) is 11.2 Å². The van der Waals surface area contributed by atoms with Crippen LogP contribution in [0.4, 0.5) is 0 Å². The quantitative estimate of drug-likeness (QED) is 0.680. The molecule has 3 nitrogen and oxygen atoms in total. The highest BCUT2D eigenvalue weighted by Crippen LogP contribution is 2.09. The fourth-order valence-electron chi connectivity index (χ4n) is 1.76. The largest absolute Gasteiger partial charge is 0.273 e. The zero-order valence-corrected chi connectivity index (χ0v) is 11.9. The minimum Gasteiger partial charge on any atom is -0.273 e. The molecular formula is C16H15ClN2O. The van der Waals surface area contributed by atoms with E-state index in [1.165, 1.54) is 0 Å². The van der Waals surface area contributed by atoms with Gasteiger partial charge in [0.05, 0.1) is 12.6 Å². The fourth-order valence-corrected chi connectivity index (χ4v) is 1.88. The number of benzene rings is 2. The van der Waals surface area contributed by atoms with E-state index in [2.05, 4.69) is 10.5 Å². The van der Waals surface area contributed by atoms with Crippen LogP contribution in [-0.4, -0.2) is 12.1 Å². The van der Waals surface area contributed by atoms with Crippen LogP contribution in [0.5, 0.6) is 0 Å². The number of hydrogen-bond acceptors (Lipinski definition) is 2. The summed E-state index contributed by atoms with van der Waals surface area (Å²) in [5, 5.41) is 4.60. The summed E-state index contributed by atoms with van der Waals surface area (Å²) in [6.07, 6.45) is 1.91. The van der Waals surface area contributed by atoms with E-state index < -0.39 is 0 Å². The first kappa shape index (κ1) is 14.3. The predicted octanol–water partition coefficient (Wildman–Crippen LogP) is 3.34. The Kier molecular flexibility index (Phi) is 4.91. The Morgan fingerprint density at radius 1 is 1.25 bits per heavy atom. The topological polar surface area (TPSA) is 41.5 Å². The van der Waals surface area contributed by atoms with Gasteiger partial charge in [0.2, 0.25) is 5.91 Å². The third-order valence-corrected chi connectivity index (χ3v) is 2.97. The number of halogens is 1. The van der Waals surface area contributed by atoms with Gasteiger partial charge in [0, 0.05) is 5.02 Å². The van der Waals surface area contributed by atoms with Crippen molar-refractivity contribution in [2.45, 2.75) is 13.3 Å². The van der Waals surface area contributed by atoms with Crippen LogP contribution in [0.3, 0.4) is 0 Å². The Morgan fingerprint density at radius 2 is 2.00 bits per heavy atom. The minimum absolute atomic E-state index is 0.156. The molecule has 0 radical (unpaired) electrons. The van der Waals surface area contributed by atoms with E-state index >= 15 is 0 Å². The Labute approximate surface area is 123 Å². The van der Waals surface area contributed by atoms with Crippen LogP contribution in [0.1, 0.15) is 16.7 Å². The molecule has 4 heteroatoms. The molecule has 0 saturated carbocycles. The molecule has 0 aliphatic rings. The first-order valence-electron chi connectivity index (χ1n) is 6.26. The second-order valence-corrected chi connectivity index (χ2v) is 4.95. The predicted molar refractivity (Wildman–Crippen MR) is 82.1 cm³/mol. The van der Waals surface area contributed by atoms with E-state index in [9.17, 15) is 4.79 Å². The van der Waals surface area contributed by atoms with Gasteiger partial charge in [-0.2, -0.15) is 5.10 Å². The summed E-state index contributed by atoms with van der Waals surface area (Å²) in [7, 11) is 0. The highest BCUT2D eigenvalue weighted by Gasteiger charge is 2.01. The molecular weight excluding hydrogens is 272 g/mol. The van der Waals surface area contributed by atoms with E-state index in [0.29, 0.717) is 5.02 Å². The summed E-state index contributed by atoms with van der Waals surface area (Å²) in [6, 6.07) is 15.1. The standard InChI is InChI=1S/C16H15ClN2O/c1-12-3-2-4-14(9-12)11-18-19-16(20)10-13-5-7-15(17)8-6-13/h2-9,11H,10H2,1H3,(H,19,20)/b18-11+. The van der Waals surface area contributed by atoms with Crippen LogP contribution in [0, 0.1) is 6.92 Å². The van der Waals surface area contributed by atoms with Crippen LogP contribution in [0.15, 0.2) is 53.6 Å². The van der Waals surface area contributed by atoms with Gasteiger partial charge in [-0.15, -0.1) is 0 Å². The molecule has 0 aromatic heterocycles. The summed E-state index contributed by atoms with van der Waals surface area (Å²) in [6.45, 7) is 2.01. The summed E-state index contributed by atoms with van der Waals surface area (Å²) in [5.74, 6) is -0.156. The monoisotopic (exact) mass is 286 g/mol. The zero-order chi connectivity index (χ0) is 14.4. The van der Waals surface area contributed by atoms with Gasteiger partial charge in [0.1, 0.15) is 0 Å². The molecule has 0 aliphatic carbocycles. The highest BCUT2D eigenvalue weighted by molar-refractivity contribution is 6.30. The number of nitrogens with zero attached hydrogens (tertiary/aromatic N) is 1. The van der Waals surface area contributed by atoms with Gasteiger partial charge >= 0.3 is 0 Å². The molecule has 2 aromatic carbocycles. The van der Waals surface area contributed by atoms with Crippen molar-refractivity contribution in [3.05, 3.63) is 70.2 Å². The highest BCUT2D eigenvalue weighted by atomic mass is 35.5. The molecule has 0 fully saturated rings. The Hall–Kier alpha value is -2.13. The molecule has 102 valence electrons. The van der Waals surface area contributed by atoms with Crippen molar-refractivity contribution in [1.29, 1.82) is 0 Å². The van der Waals surface area contributed by atoms with Gasteiger partial charge in [0.25, 0.3) is 0 Å². The lowest BCUT2D eigenvalue weighted by atomic mass is 10.1. The number of hydrogen-bond donors (Lipinski definition) is 1. The van der Waals surface area contributed by atoms with Crippen molar-refractivity contribution in [2.75, 3.05) is 0 Å². The van der Waals surface area contributed by atoms with Crippen molar-refractivity contribution < 1.29 is 4.79 Å². The first-order chi connectivity index (χ1) is 9.63. The van der Waals surface area contributed by atoms with Crippen molar-refractivity contribution >= 4 is 23.7 Å². The van der Waals surface area contributed by atoms with Crippen molar-refractivity contribution in [3.8, 4) is 0 Å². The van der Waals surface area contributed by atoms with E-state index in [1.807, 2.05) is 43.3 Å². The smallest absolute Gasteiger partial charge is 0.244 e. The molecule has 0 spiro atoms. The molecule has 20 heavy (non-hydrogen) atoms. The number of rotatable bonds is 4. The number of nitrogens with one attached hydrogen (secondary N) is 1. The fraction of sp³-hybridized carbons (Fsp3) is 0.125. The number of carbonyl (C=O) groups is 1. The summed E-state index contributed by atoms with van der Waals surface area (Å²) < 4.78 is 0. The van der Waals surface area contributed by atoms with Gasteiger partial charge in [0.15, 0.2) is 0 Å². The second kappa shape index (κ2) is 6.87. The maximum Gasteiger partial charge on any atom is 0.244 e. The van der Waals surface area contributed by atoms with Crippen molar-refractivity contribution in [3.63, 3.8) is 0 Å². The van der Waals surface area contributed by atoms with Crippen molar-refractivity contribution in [2.24, 2.45) is 5.10 Å². The van der Waals surface area contributed by atoms with E-state index in [0.717, 1.165) is 16.7 Å². The number of amides is 1. The Balaban J connectivity index is 1.87. The molecule has 0 unspecified atom stereocenters. The van der Waals surface area contributed by atoms with Crippen LogP contribution < -0.4 is 5.43 Å². The van der Waals surface area contributed by atoms with Crippen molar-refractivity contribution in [1.82, 2.24) is 5.43 Å². The van der Waals surface area contributed by atoms with Gasteiger partial charge in [-0.25, -0.2) is 5.43 Å².